The van der Waals surface area contributed by atoms with Crippen molar-refractivity contribution in [1.82, 2.24) is 0 Å². The monoisotopic (exact) mass is 330 g/mol. The molecule has 3 rings (SSSR count). The van der Waals surface area contributed by atoms with Crippen LogP contribution in [-0.2, 0) is 0 Å². The van der Waals surface area contributed by atoms with Crippen LogP contribution in [0.3, 0.4) is 0 Å². The molecule has 0 unspecified atom stereocenters. The second-order valence-corrected chi connectivity index (χ2v) is 8.92. The molecule has 3 aliphatic carbocycles. The Morgan fingerprint density at radius 2 is 1.79 bits per heavy atom. The van der Waals surface area contributed by atoms with E-state index in [1.807, 2.05) is 0 Å². The summed E-state index contributed by atoms with van der Waals surface area (Å²) in [6.07, 6.45) is 11.1. The summed E-state index contributed by atoms with van der Waals surface area (Å²) < 4.78 is 0. The Bertz CT molecular complexity index is 540. The standard InChI is InChI=1S/C22H34O2/c1-14(2)18-9-10-19-17(6-5-11-22(18,19)4)8-7-16-12-20(23)15(3)21(24)13-16/h7-8,14,18-21,23-24H,3,5-6,9-13H2,1-2,4H3/b17-8-/t18-,19+,20-,21-,22-/m1/s1. The maximum absolute atomic E-state index is 10.0. The smallest absolute Gasteiger partial charge is 0.0809 e. The highest BCUT2D eigenvalue weighted by molar-refractivity contribution is 5.29. The van der Waals surface area contributed by atoms with Crippen LogP contribution < -0.4 is 0 Å². The van der Waals surface area contributed by atoms with Gasteiger partial charge in [-0.25, -0.2) is 0 Å². The van der Waals surface area contributed by atoms with Crippen LogP contribution in [0.4, 0.5) is 0 Å². The molecule has 0 saturated heterocycles. The number of rotatable bonds is 2. The second-order valence-electron chi connectivity index (χ2n) is 8.92. The molecule has 0 bridgehead atoms. The van der Waals surface area contributed by atoms with E-state index in [0.717, 1.165) is 23.3 Å². The van der Waals surface area contributed by atoms with E-state index in [1.165, 1.54) is 32.1 Å². The molecule has 134 valence electrons. The summed E-state index contributed by atoms with van der Waals surface area (Å²) >= 11 is 0. The molecule has 5 atom stereocenters. The van der Waals surface area contributed by atoms with E-state index in [0.29, 0.717) is 23.8 Å². The summed E-state index contributed by atoms with van der Waals surface area (Å²) in [7, 11) is 0. The average Bonchev–Trinajstić information content (AvgIpc) is 2.88. The fraction of sp³-hybridized carbons (Fsp3) is 0.727. The molecule has 0 aromatic carbocycles. The molecular weight excluding hydrogens is 296 g/mol. The third-order valence-electron chi connectivity index (χ3n) is 7.14. The average molecular weight is 331 g/mol. The minimum absolute atomic E-state index is 0.469. The zero-order chi connectivity index (χ0) is 17.5. The van der Waals surface area contributed by atoms with E-state index in [2.05, 4.69) is 39.5 Å². The molecule has 24 heavy (non-hydrogen) atoms. The third kappa shape index (κ3) is 3.15. The van der Waals surface area contributed by atoms with E-state index in [4.69, 9.17) is 0 Å². The van der Waals surface area contributed by atoms with Gasteiger partial charge in [-0.1, -0.05) is 50.6 Å². The SMILES string of the molecule is C=C1[C@H](O)CC(=C/C=C2/CCC[C@]3(C)[C@@H](C(C)C)CC[C@@H]23)C[C@H]1O. The minimum Gasteiger partial charge on any atom is -0.388 e. The Morgan fingerprint density at radius 1 is 1.12 bits per heavy atom. The normalized spacial score (nSPS) is 41.8. The van der Waals surface area contributed by atoms with Crippen LogP contribution in [-0.4, -0.2) is 22.4 Å². The van der Waals surface area contributed by atoms with Crippen LogP contribution in [0.25, 0.3) is 0 Å². The first-order chi connectivity index (χ1) is 11.3. The van der Waals surface area contributed by atoms with Gasteiger partial charge in [-0.05, 0) is 73.7 Å². The number of fused-ring (bicyclic) bond motifs is 1. The van der Waals surface area contributed by atoms with Crippen molar-refractivity contribution in [1.29, 1.82) is 0 Å². The minimum atomic E-state index is -0.591. The maximum Gasteiger partial charge on any atom is 0.0809 e. The van der Waals surface area contributed by atoms with Crippen LogP contribution in [0, 0.1) is 23.2 Å². The third-order valence-corrected chi connectivity index (χ3v) is 7.14. The fourth-order valence-corrected chi connectivity index (χ4v) is 5.80. The lowest BCUT2D eigenvalue weighted by molar-refractivity contribution is 0.104. The maximum atomic E-state index is 10.0. The van der Waals surface area contributed by atoms with E-state index >= 15 is 0 Å². The predicted molar refractivity (Wildman–Crippen MR) is 99.6 cm³/mol. The van der Waals surface area contributed by atoms with Crippen molar-refractivity contribution in [2.45, 2.75) is 77.9 Å². The van der Waals surface area contributed by atoms with E-state index in [1.54, 1.807) is 5.57 Å². The van der Waals surface area contributed by atoms with E-state index < -0.39 is 12.2 Å². The highest BCUT2D eigenvalue weighted by atomic mass is 16.3. The first-order valence-electron chi connectivity index (χ1n) is 9.76. The molecular formula is C22H34O2. The Morgan fingerprint density at radius 3 is 2.42 bits per heavy atom. The van der Waals surface area contributed by atoms with Gasteiger partial charge in [-0.3, -0.25) is 0 Å². The van der Waals surface area contributed by atoms with Crippen LogP contribution >= 0.6 is 0 Å². The summed E-state index contributed by atoms with van der Waals surface area (Å²) in [5.41, 5.74) is 3.80. The van der Waals surface area contributed by atoms with Gasteiger partial charge < -0.3 is 10.2 Å². The number of hydrogen-bond acceptors (Lipinski definition) is 2. The van der Waals surface area contributed by atoms with Crippen molar-refractivity contribution in [2.24, 2.45) is 23.2 Å². The summed E-state index contributed by atoms with van der Waals surface area (Å²) in [4.78, 5) is 0. The van der Waals surface area contributed by atoms with Gasteiger partial charge >= 0.3 is 0 Å². The van der Waals surface area contributed by atoms with Crippen LogP contribution in [0.5, 0.6) is 0 Å². The quantitative estimate of drug-likeness (QED) is 0.715. The lowest BCUT2D eigenvalue weighted by Crippen LogP contribution is -2.35. The first-order valence-corrected chi connectivity index (χ1v) is 9.76. The predicted octanol–water partition coefficient (Wildman–Crippen LogP) is 4.78. The molecule has 3 fully saturated rings. The van der Waals surface area contributed by atoms with Crippen molar-refractivity contribution in [2.75, 3.05) is 0 Å². The number of hydrogen-bond donors (Lipinski definition) is 2. The molecule has 0 radical (unpaired) electrons. The summed E-state index contributed by atoms with van der Waals surface area (Å²) in [5, 5.41) is 20.0. The zero-order valence-corrected chi connectivity index (χ0v) is 15.6. The summed E-state index contributed by atoms with van der Waals surface area (Å²) in [6.45, 7) is 11.1. The molecule has 0 spiro atoms. The summed E-state index contributed by atoms with van der Waals surface area (Å²) in [6, 6.07) is 0. The van der Waals surface area contributed by atoms with Gasteiger partial charge in [-0.2, -0.15) is 0 Å². The van der Waals surface area contributed by atoms with Gasteiger partial charge in [0.2, 0.25) is 0 Å². The van der Waals surface area contributed by atoms with Gasteiger partial charge in [0, 0.05) is 0 Å². The Kier molecular flexibility index (Phi) is 5.09. The number of aliphatic hydroxyl groups excluding tert-OH is 2. The molecule has 0 aliphatic heterocycles. The van der Waals surface area contributed by atoms with Crippen LogP contribution in [0.2, 0.25) is 0 Å². The molecule has 2 nitrogen and oxygen atoms in total. The van der Waals surface area contributed by atoms with Gasteiger partial charge in [0.25, 0.3) is 0 Å². The topological polar surface area (TPSA) is 40.5 Å². The van der Waals surface area contributed by atoms with Crippen LogP contribution in [0.1, 0.15) is 65.7 Å². The van der Waals surface area contributed by atoms with Gasteiger partial charge in [0.1, 0.15) is 0 Å². The lowest BCUT2D eigenvalue weighted by atomic mass is 9.61. The Labute approximate surface area is 147 Å². The molecule has 0 amide bonds. The first kappa shape index (κ1) is 17.9. The van der Waals surface area contributed by atoms with Crippen molar-refractivity contribution in [3.8, 4) is 0 Å². The number of aliphatic hydroxyl groups is 2. The summed E-state index contributed by atoms with van der Waals surface area (Å²) in [5.74, 6) is 2.34. The molecule has 0 aromatic rings. The largest absolute Gasteiger partial charge is 0.388 e. The van der Waals surface area contributed by atoms with Gasteiger partial charge in [0.05, 0.1) is 12.2 Å². The van der Waals surface area contributed by atoms with Crippen molar-refractivity contribution in [3.63, 3.8) is 0 Å². The second kappa shape index (κ2) is 6.80. The van der Waals surface area contributed by atoms with E-state index in [9.17, 15) is 10.2 Å². The zero-order valence-electron chi connectivity index (χ0n) is 15.6. The van der Waals surface area contributed by atoms with E-state index in [-0.39, 0.29) is 0 Å². The highest BCUT2D eigenvalue weighted by Gasteiger charge is 2.49. The van der Waals surface area contributed by atoms with Crippen molar-refractivity contribution in [3.05, 3.63) is 35.5 Å². The van der Waals surface area contributed by atoms with Gasteiger partial charge in [-0.15, -0.1) is 0 Å². The Hall–Kier alpha value is -0.860. The molecule has 3 saturated carbocycles. The molecule has 0 heterocycles. The molecule has 0 aromatic heterocycles. The van der Waals surface area contributed by atoms with Gasteiger partial charge in [0.15, 0.2) is 0 Å². The Balaban J connectivity index is 1.78. The molecule has 3 aliphatic rings. The van der Waals surface area contributed by atoms with Crippen LogP contribution in [0.15, 0.2) is 35.5 Å². The highest BCUT2D eigenvalue weighted by Crippen LogP contribution is 2.59. The number of allylic oxidation sites excluding steroid dienone is 3. The van der Waals surface area contributed by atoms with Crippen molar-refractivity contribution < 1.29 is 10.2 Å². The van der Waals surface area contributed by atoms with Crippen molar-refractivity contribution >= 4 is 0 Å². The fourth-order valence-electron chi connectivity index (χ4n) is 5.80. The lowest BCUT2D eigenvalue weighted by Gasteiger charge is -2.43. The molecule has 2 N–H and O–H groups in total. The molecule has 2 heteroatoms.